The summed E-state index contributed by atoms with van der Waals surface area (Å²) in [6.45, 7) is 2.01. The van der Waals surface area contributed by atoms with Gasteiger partial charge in [0.15, 0.2) is 0 Å². The number of carbonyl (C=O) groups excluding carboxylic acids is 1. The third kappa shape index (κ3) is 3.49. The number of amides is 1. The number of benzene rings is 1. The van der Waals surface area contributed by atoms with Crippen molar-refractivity contribution in [3.8, 4) is 11.8 Å². The summed E-state index contributed by atoms with van der Waals surface area (Å²) in [4.78, 5) is 13.5. The zero-order valence-corrected chi connectivity index (χ0v) is 10.7. The Morgan fingerprint density at radius 3 is 2.84 bits per heavy atom. The van der Waals surface area contributed by atoms with Crippen molar-refractivity contribution in [2.24, 2.45) is 0 Å². The van der Waals surface area contributed by atoms with Crippen molar-refractivity contribution < 1.29 is 9.53 Å². The lowest BCUT2D eigenvalue weighted by Crippen LogP contribution is -2.35. The highest BCUT2D eigenvalue weighted by Gasteiger charge is 2.20. The second kappa shape index (κ2) is 6.46. The lowest BCUT2D eigenvalue weighted by atomic mass is 10.2. The molecule has 0 saturated carbocycles. The Balaban J connectivity index is 1.97. The summed E-state index contributed by atoms with van der Waals surface area (Å²) in [5.74, 6) is 5.76. The van der Waals surface area contributed by atoms with Gasteiger partial charge in [0, 0.05) is 6.20 Å². The molecule has 0 aliphatic carbocycles. The van der Waals surface area contributed by atoms with E-state index in [1.807, 2.05) is 42.5 Å². The molecule has 1 atom stereocenters. The van der Waals surface area contributed by atoms with Crippen molar-refractivity contribution in [3.05, 3.63) is 60.3 Å². The van der Waals surface area contributed by atoms with E-state index in [2.05, 4.69) is 11.8 Å². The lowest BCUT2D eigenvalue weighted by molar-refractivity contribution is 0.108. The molecule has 1 aliphatic heterocycles. The first-order valence-corrected chi connectivity index (χ1v) is 6.07. The number of carbonyl (C=O) groups is 1. The van der Waals surface area contributed by atoms with Gasteiger partial charge in [-0.1, -0.05) is 42.3 Å². The monoisotopic (exact) mass is 253 g/mol. The van der Waals surface area contributed by atoms with Gasteiger partial charge in [0.05, 0.1) is 0 Å². The maximum atomic E-state index is 12.0. The molecular formula is C16H15NO2. The highest BCUT2D eigenvalue weighted by Crippen LogP contribution is 2.11. The number of hydrogen-bond donors (Lipinski definition) is 0. The quantitative estimate of drug-likeness (QED) is 0.758. The topological polar surface area (TPSA) is 29.5 Å². The van der Waals surface area contributed by atoms with E-state index in [-0.39, 0.29) is 12.6 Å². The third-order valence-electron chi connectivity index (χ3n) is 2.66. The zero-order valence-electron chi connectivity index (χ0n) is 10.7. The van der Waals surface area contributed by atoms with Crippen LogP contribution in [0.1, 0.15) is 12.5 Å². The largest absolute Gasteiger partial charge is 0.444 e. The Labute approximate surface area is 113 Å². The summed E-state index contributed by atoms with van der Waals surface area (Å²) < 4.78 is 5.28. The van der Waals surface area contributed by atoms with E-state index in [1.165, 1.54) is 4.90 Å². The molecule has 3 nitrogen and oxygen atoms in total. The average molecular weight is 253 g/mol. The molecule has 1 aromatic rings. The van der Waals surface area contributed by atoms with Crippen LogP contribution in [0.15, 0.2) is 54.8 Å². The number of ether oxygens (including phenoxy) is 1. The maximum Gasteiger partial charge on any atom is 0.415 e. The van der Waals surface area contributed by atoms with Gasteiger partial charge in [0.2, 0.25) is 0 Å². The molecule has 1 heterocycles. The Morgan fingerprint density at radius 2 is 2.11 bits per heavy atom. The fourth-order valence-corrected chi connectivity index (χ4v) is 1.73. The van der Waals surface area contributed by atoms with Gasteiger partial charge in [-0.15, -0.1) is 5.92 Å². The van der Waals surface area contributed by atoms with Gasteiger partial charge < -0.3 is 4.74 Å². The molecular weight excluding hydrogens is 238 g/mol. The smallest absolute Gasteiger partial charge is 0.415 e. The van der Waals surface area contributed by atoms with Crippen molar-refractivity contribution in [2.75, 3.05) is 0 Å². The van der Waals surface area contributed by atoms with Crippen LogP contribution in [0, 0.1) is 11.8 Å². The Morgan fingerprint density at radius 1 is 1.32 bits per heavy atom. The minimum atomic E-state index is -0.391. The first-order chi connectivity index (χ1) is 9.31. The molecule has 0 bridgehead atoms. The van der Waals surface area contributed by atoms with Crippen LogP contribution in [0.4, 0.5) is 4.79 Å². The van der Waals surface area contributed by atoms with Crippen molar-refractivity contribution in [3.63, 3.8) is 0 Å². The van der Waals surface area contributed by atoms with Gasteiger partial charge in [0.25, 0.3) is 0 Å². The van der Waals surface area contributed by atoms with Crippen molar-refractivity contribution >= 4 is 6.09 Å². The molecule has 96 valence electrons. The summed E-state index contributed by atoms with van der Waals surface area (Å²) in [6, 6.07) is 9.34. The predicted molar refractivity (Wildman–Crippen MR) is 74.0 cm³/mol. The van der Waals surface area contributed by atoms with Crippen molar-refractivity contribution in [1.29, 1.82) is 0 Å². The second-order valence-electron chi connectivity index (χ2n) is 4.01. The average Bonchev–Trinajstić information content (AvgIpc) is 2.47. The van der Waals surface area contributed by atoms with Crippen LogP contribution in [-0.4, -0.2) is 17.0 Å². The minimum absolute atomic E-state index is 0.252. The summed E-state index contributed by atoms with van der Waals surface area (Å²) >= 11 is 0. The molecule has 0 saturated heterocycles. The summed E-state index contributed by atoms with van der Waals surface area (Å²) in [7, 11) is 0. The number of hydrogen-bond acceptors (Lipinski definition) is 2. The second-order valence-corrected chi connectivity index (χ2v) is 4.01. The van der Waals surface area contributed by atoms with Crippen LogP contribution in [0.25, 0.3) is 0 Å². The minimum Gasteiger partial charge on any atom is -0.444 e. The van der Waals surface area contributed by atoms with Crippen molar-refractivity contribution in [2.45, 2.75) is 19.6 Å². The SMILES string of the molecule is CC#CC1C=CC=CN1C(=O)OCc1ccccc1. The van der Waals surface area contributed by atoms with Gasteiger partial charge in [-0.25, -0.2) is 4.79 Å². The molecule has 19 heavy (non-hydrogen) atoms. The van der Waals surface area contributed by atoms with E-state index in [9.17, 15) is 4.79 Å². The van der Waals surface area contributed by atoms with Crippen LogP contribution < -0.4 is 0 Å². The molecule has 2 rings (SSSR count). The lowest BCUT2D eigenvalue weighted by Gasteiger charge is -2.23. The van der Waals surface area contributed by atoms with E-state index in [0.29, 0.717) is 0 Å². The molecule has 1 amide bonds. The standard InChI is InChI=1S/C16H15NO2/c1-2-8-15-11-6-7-12-17(15)16(18)19-13-14-9-4-3-5-10-14/h3-7,9-12,15H,13H2,1H3. The third-order valence-corrected chi connectivity index (χ3v) is 2.66. The summed E-state index contributed by atoms with van der Waals surface area (Å²) in [5.41, 5.74) is 0.963. The number of nitrogens with zero attached hydrogens (tertiary/aromatic N) is 1. The van der Waals surface area contributed by atoms with Crippen molar-refractivity contribution in [1.82, 2.24) is 4.90 Å². The molecule has 0 radical (unpaired) electrons. The molecule has 1 unspecified atom stereocenters. The highest BCUT2D eigenvalue weighted by molar-refractivity contribution is 5.71. The van der Waals surface area contributed by atoms with Crippen LogP contribution in [-0.2, 0) is 11.3 Å². The molecule has 1 aromatic carbocycles. The maximum absolute atomic E-state index is 12.0. The fraction of sp³-hybridized carbons (Fsp3) is 0.188. The van der Waals surface area contributed by atoms with E-state index < -0.39 is 6.09 Å². The van der Waals surface area contributed by atoms with E-state index in [0.717, 1.165) is 5.56 Å². The van der Waals surface area contributed by atoms with Crippen LogP contribution in [0.5, 0.6) is 0 Å². The zero-order chi connectivity index (χ0) is 13.5. The Hall–Kier alpha value is -2.47. The number of rotatable bonds is 2. The van der Waals surface area contributed by atoms with E-state index in [1.54, 1.807) is 19.2 Å². The molecule has 0 fully saturated rings. The highest BCUT2D eigenvalue weighted by atomic mass is 16.6. The van der Waals surface area contributed by atoms with Gasteiger partial charge in [-0.3, -0.25) is 4.90 Å². The fourth-order valence-electron chi connectivity index (χ4n) is 1.73. The van der Waals surface area contributed by atoms with Gasteiger partial charge >= 0.3 is 6.09 Å². The summed E-state index contributed by atoms with van der Waals surface area (Å²) in [5, 5.41) is 0. The molecule has 0 spiro atoms. The predicted octanol–water partition coefficient (Wildman–Crippen LogP) is 3.10. The van der Waals surface area contributed by atoms with Crippen LogP contribution >= 0.6 is 0 Å². The van der Waals surface area contributed by atoms with Crippen LogP contribution in [0.2, 0.25) is 0 Å². The normalized spacial score (nSPS) is 16.7. The van der Waals surface area contributed by atoms with Gasteiger partial charge in [-0.05, 0) is 24.6 Å². The molecule has 1 aliphatic rings. The first-order valence-electron chi connectivity index (χ1n) is 6.07. The van der Waals surface area contributed by atoms with Crippen LogP contribution in [0.3, 0.4) is 0 Å². The number of allylic oxidation sites excluding steroid dienone is 2. The van der Waals surface area contributed by atoms with E-state index in [4.69, 9.17) is 4.74 Å². The van der Waals surface area contributed by atoms with Gasteiger partial charge in [-0.2, -0.15) is 0 Å². The Kier molecular flexibility index (Phi) is 4.41. The van der Waals surface area contributed by atoms with E-state index >= 15 is 0 Å². The molecule has 3 heteroatoms. The van der Waals surface area contributed by atoms with Gasteiger partial charge in [0.1, 0.15) is 12.6 Å². The Bertz CT molecular complexity index is 549. The first kappa shape index (κ1) is 13.0. The molecule has 0 N–H and O–H groups in total. The molecule has 0 aromatic heterocycles. The summed E-state index contributed by atoms with van der Waals surface area (Å²) in [6.07, 6.45) is 6.81.